The average Bonchev–Trinajstić information content (AvgIpc) is 3.16. The predicted molar refractivity (Wildman–Crippen MR) is 99.2 cm³/mol. The molecular formula is C18H22ClF3N4O2. The van der Waals surface area contributed by atoms with Gasteiger partial charge in [-0.1, -0.05) is 12.1 Å². The van der Waals surface area contributed by atoms with Crippen LogP contribution in [0.4, 0.5) is 13.2 Å². The van der Waals surface area contributed by atoms with Crippen molar-refractivity contribution in [1.82, 2.24) is 20.4 Å². The molecule has 10 heteroatoms. The highest BCUT2D eigenvalue weighted by atomic mass is 35.5. The van der Waals surface area contributed by atoms with E-state index in [0.717, 1.165) is 0 Å². The molecule has 28 heavy (non-hydrogen) atoms. The summed E-state index contributed by atoms with van der Waals surface area (Å²) in [6, 6.07) is 6.89. The number of alkyl halides is 3. The van der Waals surface area contributed by atoms with Crippen molar-refractivity contribution < 1.29 is 22.7 Å². The number of halogens is 4. The third-order valence-corrected chi connectivity index (χ3v) is 4.76. The summed E-state index contributed by atoms with van der Waals surface area (Å²) in [6.07, 6.45) is -0.109. The van der Waals surface area contributed by atoms with Gasteiger partial charge in [-0.15, -0.1) is 25.6 Å². The maximum Gasteiger partial charge on any atom is 0.573 e. The van der Waals surface area contributed by atoms with Gasteiger partial charge in [-0.3, -0.25) is 9.48 Å². The highest BCUT2D eigenvalue weighted by molar-refractivity contribution is 5.85. The number of aromatic nitrogens is 2. The second kappa shape index (κ2) is 8.83. The second-order valence-corrected chi connectivity index (χ2v) is 6.54. The number of amides is 1. The number of hydrogen-bond donors (Lipinski definition) is 2. The van der Waals surface area contributed by atoms with E-state index >= 15 is 0 Å². The van der Waals surface area contributed by atoms with E-state index in [1.54, 1.807) is 30.1 Å². The van der Waals surface area contributed by atoms with Gasteiger partial charge in [0.1, 0.15) is 11.3 Å². The molecular weight excluding hydrogens is 397 g/mol. The molecule has 1 aromatic carbocycles. The molecule has 0 aliphatic carbocycles. The molecule has 3 rings (SSSR count). The first-order valence-electron chi connectivity index (χ1n) is 8.68. The molecule has 6 nitrogen and oxygen atoms in total. The molecule has 0 radical (unpaired) electrons. The van der Waals surface area contributed by atoms with Crippen LogP contribution in [0.15, 0.2) is 42.7 Å². The van der Waals surface area contributed by atoms with E-state index in [9.17, 15) is 18.0 Å². The Morgan fingerprint density at radius 2 is 1.93 bits per heavy atom. The third kappa shape index (κ3) is 4.96. The van der Waals surface area contributed by atoms with Gasteiger partial charge in [-0.25, -0.2) is 0 Å². The fraction of sp³-hybridized carbons (Fsp3) is 0.444. The van der Waals surface area contributed by atoms with Crippen LogP contribution in [-0.2, 0) is 10.3 Å². The number of hydrogen-bond acceptors (Lipinski definition) is 4. The Bertz CT molecular complexity index is 760. The van der Waals surface area contributed by atoms with E-state index in [-0.39, 0.29) is 30.1 Å². The number of nitrogens with zero attached hydrogens (tertiary/aromatic N) is 2. The molecule has 2 N–H and O–H groups in total. The first-order valence-corrected chi connectivity index (χ1v) is 8.68. The fourth-order valence-corrected chi connectivity index (χ4v) is 3.30. The first kappa shape index (κ1) is 22.0. The van der Waals surface area contributed by atoms with E-state index in [4.69, 9.17) is 0 Å². The van der Waals surface area contributed by atoms with Gasteiger partial charge < -0.3 is 15.4 Å². The van der Waals surface area contributed by atoms with Crippen LogP contribution < -0.4 is 15.4 Å². The van der Waals surface area contributed by atoms with Gasteiger partial charge in [0.25, 0.3) is 0 Å². The highest BCUT2D eigenvalue weighted by Gasteiger charge is 2.42. The standard InChI is InChI=1S/C18H21F3N4O2.ClH/c1-13(14-3-5-15(6-4-14)27-18(19,20)21)24-16(26)17(7-10-22-11-8-17)25-12-2-9-23-25;/h2-6,9,12-13,22H,7-8,10-11H2,1H3,(H,24,26);1H. The van der Waals surface area contributed by atoms with Crippen molar-refractivity contribution in [2.24, 2.45) is 0 Å². The van der Waals surface area contributed by atoms with Crippen LogP contribution in [0, 0.1) is 0 Å². The van der Waals surface area contributed by atoms with Crippen molar-refractivity contribution in [2.75, 3.05) is 13.1 Å². The SMILES string of the molecule is CC(NC(=O)C1(n2cccn2)CCNCC1)c1ccc(OC(F)(F)F)cc1.Cl. The number of carbonyl (C=O) groups is 1. The second-order valence-electron chi connectivity index (χ2n) is 6.54. The lowest BCUT2D eigenvalue weighted by Gasteiger charge is -2.37. The molecule has 0 spiro atoms. The minimum Gasteiger partial charge on any atom is -0.406 e. The quantitative estimate of drug-likeness (QED) is 0.782. The number of nitrogens with one attached hydrogen (secondary N) is 2. The summed E-state index contributed by atoms with van der Waals surface area (Å²) in [4.78, 5) is 13.1. The summed E-state index contributed by atoms with van der Waals surface area (Å²) >= 11 is 0. The maximum absolute atomic E-state index is 13.1. The van der Waals surface area contributed by atoms with Crippen molar-refractivity contribution in [3.8, 4) is 5.75 Å². The van der Waals surface area contributed by atoms with Gasteiger partial charge in [-0.05, 0) is 56.6 Å². The lowest BCUT2D eigenvalue weighted by Crippen LogP contribution is -2.55. The molecule has 1 aliphatic heterocycles. The summed E-state index contributed by atoms with van der Waals surface area (Å²) in [5, 5.41) is 10.5. The van der Waals surface area contributed by atoms with E-state index in [2.05, 4.69) is 20.5 Å². The van der Waals surface area contributed by atoms with Crippen LogP contribution in [0.1, 0.15) is 31.4 Å². The Balaban J connectivity index is 0.00000280. The molecule has 1 unspecified atom stereocenters. The maximum atomic E-state index is 13.1. The molecule has 1 atom stereocenters. The Morgan fingerprint density at radius 3 is 2.46 bits per heavy atom. The predicted octanol–water partition coefficient (Wildman–Crippen LogP) is 3.16. The summed E-state index contributed by atoms with van der Waals surface area (Å²) in [6.45, 7) is 3.19. The zero-order valence-electron chi connectivity index (χ0n) is 15.2. The van der Waals surface area contributed by atoms with Crippen molar-refractivity contribution in [2.45, 2.75) is 37.7 Å². The number of carbonyl (C=O) groups excluding carboxylic acids is 1. The highest BCUT2D eigenvalue weighted by Crippen LogP contribution is 2.29. The van der Waals surface area contributed by atoms with Crippen molar-refractivity contribution in [1.29, 1.82) is 0 Å². The van der Waals surface area contributed by atoms with Crippen LogP contribution in [0.25, 0.3) is 0 Å². The fourth-order valence-electron chi connectivity index (χ4n) is 3.30. The van der Waals surface area contributed by atoms with Gasteiger partial charge in [-0.2, -0.15) is 5.10 Å². The Hall–Kier alpha value is -2.26. The van der Waals surface area contributed by atoms with Gasteiger partial charge >= 0.3 is 6.36 Å². The normalized spacial score (nSPS) is 17.3. The molecule has 2 aromatic rings. The van der Waals surface area contributed by atoms with E-state index < -0.39 is 11.9 Å². The minimum absolute atomic E-state index is 0. The summed E-state index contributed by atoms with van der Waals surface area (Å²) in [5.41, 5.74) is -0.0927. The summed E-state index contributed by atoms with van der Waals surface area (Å²) in [7, 11) is 0. The van der Waals surface area contributed by atoms with E-state index in [1.165, 1.54) is 24.3 Å². The van der Waals surface area contributed by atoms with Gasteiger partial charge in [0.2, 0.25) is 5.91 Å². The molecule has 1 saturated heterocycles. The lowest BCUT2D eigenvalue weighted by atomic mass is 9.87. The Kier molecular flexibility index (Phi) is 6.95. The smallest absolute Gasteiger partial charge is 0.406 e. The zero-order valence-corrected chi connectivity index (χ0v) is 16.0. The van der Waals surface area contributed by atoms with Gasteiger partial charge in [0, 0.05) is 12.4 Å². The zero-order chi connectivity index (χ0) is 19.5. The van der Waals surface area contributed by atoms with Crippen LogP contribution in [0.5, 0.6) is 5.75 Å². The monoisotopic (exact) mass is 418 g/mol. The Labute approximate surface area is 166 Å². The van der Waals surface area contributed by atoms with Crippen LogP contribution in [-0.4, -0.2) is 35.1 Å². The van der Waals surface area contributed by atoms with Gasteiger partial charge in [0.05, 0.1) is 6.04 Å². The van der Waals surface area contributed by atoms with Crippen LogP contribution in [0.3, 0.4) is 0 Å². The largest absolute Gasteiger partial charge is 0.573 e. The van der Waals surface area contributed by atoms with Gasteiger partial charge in [0.15, 0.2) is 0 Å². The first-order chi connectivity index (χ1) is 12.8. The molecule has 1 aliphatic rings. The molecule has 2 heterocycles. The van der Waals surface area contributed by atoms with Crippen LogP contribution in [0.2, 0.25) is 0 Å². The topological polar surface area (TPSA) is 68.2 Å². The van der Waals surface area contributed by atoms with Crippen molar-refractivity contribution in [3.63, 3.8) is 0 Å². The molecule has 154 valence electrons. The third-order valence-electron chi connectivity index (χ3n) is 4.76. The summed E-state index contributed by atoms with van der Waals surface area (Å²) < 4.78 is 42.4. The average molecular weight is 419 g/mol. The summed E-state index contributed by atoms with van der Waals surface area (Å²) in [5.74, 6) is -0.452. The molecule has 1 aromatic heterocycles. The molecule has 1 fully saturated rings. The van der Waals surface area contributed by atoms with Crippen molar-refractivity contribution in [3.05, 3.63) is 48.3 Å². The molecule has 0 bridgehead atoms. The number of piperidine rings is 1. The van der Waals surface area contributed by atoms with E-state index in [1.807, 2.05) is 0 Å². The van der Waals surface area contributed by atoms with Crippen molar-refractivity contribution >= 4 is 18.3 Å². The molecule has 1 amide bonds. The van der Waals surface area contributed by atoms with E-state index in [0.29, 0.717) is 31.5 Å². The Morgan fingerprint density at radius 1 is 1.29 bits per heavy atom. The van der Waals surface area contributed by atoms with Crippen LogP contribution >= 0.6 is 12.4 Å². The minimum atomic E-state index is -4.73. The number of rotatable bonds is 5. The molecule has 0 saturated carbocycles. The lowest BCUT2D eigenvalue weighted by molar-refractivity contribution is -0.274. The number of benzene rings is 1. The number of ether oxygens (including phenoxy) is 1.